The molecule has 0 spiro atoms. The van der Waals surface area contributed by atoms with E-state index >= 15 is 0 Å². The van der Waals surface area contributed by atoms with Crippen molar-refractivity contribution in [2.75, 3.05) is 10.1 Å². The van der Waals surface area contributed by atoms with Gasteiger partial charge in [0.2, 0.25) is 0 Å². The number of nitrogens with zero attached hydrogens (tertiary/aromatic N) is 3. The smallest absolute Gasteiger partial charge is 0.280 e. The molecule has 3 rings (SSSR count). The van der Waals surface area contributed by atoms with Crippen LogP contribution in [0.5, 0.6) is 0 Å². The quantitative estimate of drug-likeness (QED) is 0.277. The van der Waals surface area contributed by atoms with E-state index in [0.717, 1.165) is 18.3 Å². The van der Waals surface area contributed by atoms with E-state index in [1.807, 2.05) is 0 Å². The lowest BCUT2D eigenvalue weighted by atomic mass is 10.2. The van der Waals surface area contributed by atoms with Crippen LogP contribution in [0.1, 0.15) is 5.56 Å². The van der Waals surface area contributed by atoms with Gasteiger partial charge in [-0.05, 0) is 36.4 Å². The Morgan fingerprint density at radius 2 is 1.62 bits per heavy atom. The molecule has 0 saturated heterocycles. The highest BCUT2D eigenvalue weighted by atomic mass is 35.5. The van der Waals surface area contributed by atoms with Gasteiger partial charge in [0.15, 0.2) is 0 Å². The minimum Gasteiger partial charge on any atom is -0.280 e. The van der Waals surface area contributed by atoms with Crippen LogP contribution in [0.3, 0.4) is 0 Å². The summed E-state index contributed by atoms with van der Waals surface area (Å²) in [6.07, 6.45) is 1.13. The van der Waals surface area contributed by atoms with E-state index in [4.69, 9.17) is 11.6 Å². The van der Waals surface area contributed by atoms with Gasteiger partial charge in [-0.1, -0.05) is 29.8 Å². The van der Waals surface area contributed by atoms with Gasteiger partial charge in [0, 0.05) is 17.2 Å². The first kappa shape index (κ1) is 22.7. The number of rotatable bonds is 8. The molecule has 3 aromatic rings. The predicted molar refractivity (Wildman–Crippen MR) is 120 cm³/mol. The van der Waals surface area contributed by atoms with Crippen LogP contribution in [-0.4, -0.2) is 24.5 Å². The summed E-state index contributed by atoms with van der Waals surface area (Å²) < 4.78 is 27.5. The second-order valence-corrected chi connectivity index (χ2v) is 8.36. The number of hydrogen-bond acceptors (Lipinski definition) is 8. The zero-order valence-electron chi connectivity index (χ0n) is 16.0. The minimum atomic E-state index is -4.14. The summed E-state index contributed by atoms with van der Waals surface area (Å²) in [5, 5.41) is 26.6. The van der Waals surface area contributed by atoms with Crippen molar-refractivity contribution in [3.05, 3.63) is 97.5 Å². The van der Waals surface area contributed by atoms with Crippen LogP contribution in [0.15, 0.2) is 76.7 Å². The minimum absolute atomic E-state index is 0.105. The SMILES string of the molecule is O=[N+]([O-])c1ccccc1/C=N\Nc1ccc(S(=O)(=O)Nc2cccc(Cl)c2)cc1[N+](=O)[O-]. The lowest BCUT2D eigenvalue weighted by Crippen LogP contribution is -2.13. The van der Waals surface area contributed by atoms with E-state index in [1.165, 1.54) is 36.4 Å². The topological polar surface area (TPSA) is 157 Å². The highest BCUT2D eigenvalue weighted by Crippen LogP contribution is 2.29. The zero-order valence-corrected chi connectivity index (χ0v) is 17.6. The summed E-state index contributed by atoms with van der Waals surface area (Å²) in [5.41, 5.74) is 1.93. The molecule has 32 heavy (non-hydrogen) atoms. The third kappa shape index (κ3) is 5.36. The van der Waals surface area contributed by atoms with Crippen LogP contribution < -0.4 is 10.1 Å². The van der Waals surface area contributed by atoms with Gasteiger partial charge in [0.25, 0.3) is 21.4 Å². The molecule has 0 heterocycles. The molecule has 0 bridgehead atoms. The van der Waals surface area contributed by atoms with Crippen LogP contribution >= 0.6 is 11.6 Å². The second kappa shape index (κ2) is 9.41. The lowest BCUT2D eigenvalue weighted by molar-refractivity contribution is -0.385. The molecular weight excluding hydrogens is 462 g/mol. The van der Waals surface area contributed by atoms with Gasteiger partial charge >= 0.3 is 0 Å². The molecule has 2 N–H and O–H groups in total. The number of halogens is 1. The molecule has 0 aliphatic rings. The molecule has 0 unspecified atom stereocenters. The van der Waals surface area contributed by atoms with Gasteiger partial charge in [-0.3, -0.25) is 30.4 Å². The van der Waals surface area contributed by atoms with E-state index in [2.05, 4.69) is 15.2 Å². The Hall–Kier alpha value is -4.03. The Morgan fingerprint density at radius 1 is 0.906 bits per heavy atom. The van der Waals surface area contributed by atoms with E-state index < -0.39 is 25.6 Å². The van der Waals surface area contributed by atoms with Crippen molar-refractivity contribution in [3.63, 3.8) is 0 Å². The molecule has 0 aromatic heterocycles. The summed E-state index contributed by atoms with van der Waals surface area (Å²) in [5.74, 6) is 0. The summed E-state index contributed by atoms with van der Waals surface area (Å²) in [6.45, 7) is 0. The highest BCUT2D eigenvalue weighted by Gasteiger charge is 2.22. The largest absolute Gasteiger partial charge is 0.295 e. The molecule has 0 atom stereocenters. The number of hydrazone groups is 1. The van der Waals surface area contributed by atoms with Crippen molar-refractivity contribution in [1.29, 1.82) is 0 Å². The van der Waals surface area contributed by atoms with Crippen molar-refractivity contribution in [2.24, 2.45) is 5.10 Å². The van der Waals surface area contributed by atoms with Crippen molar-refractivity contribution in [1.82, 2.24) is 0 Å². The maximum absolute atomic E-state index is 12.6. The highest BCUT2D eigenvalue weighted by molar-refractivity contribution is 7.92. The van der Waals surface area contributed by atoms with Crippen LogP contribution in [0.2, 0.25) is 5.02 Å². The summed E-state index contributed by atoms with van der Waals surface area (Å²) in [4.78, 5) is 20.8. The first-order valence-electron chi connectivity index (χ1n) is 8.77. The number of nitrogens with one attached hydrogen (secondary N) is 2. The van der Waals surface area contributed by atoms with Crippen LogP contribution in [0.4, 0.5) is 22.7 Å². The summed E-state index contributed by atoms with van der Waals surface area (Å²) in [7, 11) is -4.14. The third-order valence-electron chi connectivity index (χ3n) is 4.08. The fourth-order valence-corrected chi connectivity index (χ4v) is 3.88. The van der Waals surface area contributed by atoms with E-state index in [9.17, 15) is 28.6 Å². The number of nitro benzene ring substituents is 2. The number of benzene rings is 3. The Labute approximate surface area is 186 Å². The summed E-state index contributed by atoms with van der Waals surface area (Å²) in [6, 6.07) is 15.0. The number of hydrogen-bond donors (Lipinski definition) is 2. The van der Waals surface area contributed by atoms with Gasteiger partial charge in [-0.2, -0.15) is 5.10 Å². The average molecular weight is 476 g/mol. The number of nitro groups is 2. The Morgan fingerprint density at radius 3 is 2.31 bits per heavy atom. The van der Waals surface area contributed by atoms with Gasteiger partial charge in [-0.25, -0.2) is 8.42 Å². The zero-order chi connectivity index (χ0) is 23.3. The maximum Gasteiger partial charge on any atom is 0.295 e. The van der Waals surface area contributed by atoms with E-state index in [-0.39, 0.29) is 27.5 Å². The van der Waals surface area contributed by atoms with Crippen molar-refractivity contribution < 1.29 is 18.3 Å². The molecular formula is C19H14ClN5O6S. The van der Waals surface area contributed by atoms with Gasteiger partial charge < -0.3 is 0 Å². The summed E-state index contributed by atoms with van der Waals surface area (Å²) >= 11 is 5.84. The van der Waals surface area contributed by atoms with Gasteiger partial charge in [-0.15, -0.1) is 0 Å². The van der Waals surface area contributed by atoms with Crippen molar-refractivity contribution >= 4 is 50.6 Å². The molecule has 11 nitrogen and oxygen atoms in total. The van der Waals surface area contributed by atoms with Crippen molar-refractivity contribution in [3.8, 4) is 0 Å². The van der Waals surface area contributed by atoms with Gasteiger partial charge in [0.1, 0.15) is 5.69 Å². The maximum atomic E-state index is 12.6. The molecule has 0 aliphatic heterocycles. The Bertz CT molecular complexity index is 1330. The standard InChI is InChI=1S/C19H14ClN5O6S/c20-14-5-3-6-15(10-14)23-32(30,31)16-8-9-17(19(11-16)25(28)29)22-21-12-13-4-1-2-7-18(13)24(26)27/h1-12,22-23H/b21-12-. The predicted octanol–water partition coefficient (Wildman–Crippen LogP) is 4.40. The van der Waals surface area contributed by atoms with Gasteiger partial charge in [0.05, 0.1) is 32.2 Å². The Balaban J connectivity index is 1.87. The number of para-hydroxylation sites is 1. The Kier molecular flexibility index (Phi) is 6.66. The third-order valence-corrected chi connectivity index (χ3v) is 5.69. The molecule has 0 saturated carbocycles. The second-order valence-electron chi connectivity index (χ2n) is 6.24. The molecule has 0 radical (unpaired) electrons. The first-order valence-corrected chi connectivity index (χ1v) is 10.6. The molecule has 0 fully saturated rings. The fourth-order valence-electron chi connectivity index (χ4n) is 2.62. The van der Waals surface area contributed by atoms with E-state index in [0.29, 0.717) is 5.02 Å². The van der Waals surface area contributed by atoms with Crippen molar-refractivity contribution in [2.45, 2.75) is 4.90 Å². The molecule has 3 aromatic carbocycles. The van der Waals surface area contributed by atoms with E-state index in [1.54, 1.807) is 18.2 Å². The first-order chi connectivity index (χ1) is 15.2. The van der Waals surface area contributed by atoms with Crippen LogP contribution in [-0.2, 0) is 10.0 Å². The van der Waals surface area contributed by atoms with Crippen LogP contribution in [0, 0.1) is 20.2 Å². The monoisotopic (exact) mass is 475 g/mol. The van der Waals surface area contributed by atoms with Crippen LogP contribution in [0.25, 0.3) is 0 Å². The normalized spacial score (nSPS) is 11.3. The lowest BCUT2D eigenvalue weighted by Gasteiger charge is -2.09. The molecule has 0 amide bonds. The molecule has 13 heteroatoms. The molecule has 164 valence electrons. The number of anilines is 2. The molecule has 0 aliphatic carbocycles. The average Bonchev–Trinajstić information content (AvgIpc) is 2.73. The fraction of sp³-hybridized carbons (Fsp3) is 0. The number of sulfonamides is 1.